The smallest absolute Gasteiger partial charge is 0.379 e. The molecule has 0 saturated carbocycles. The number of alkyl halides is 3. The number of nitrogens with one attached hydrogen (secondary N) is 1. The van der Waals surface area contributed by atoms with Crippen molar-refractivity contribution in [2.45, 2.75) is 19.3 Å². The number of ether oxygens (including phenoxy) is 1. The van der Waals surface area contributed by atoms with Crippen LogP contribution in [-0.4, -0.2) is 72.6 Å². The monoisotopic (exact) mass is 560 g/mol. The quantitative estimate of drug-likeness (QED) is 0.372. The molecule has 7 nitrogen and oxygen atoms in total. The number of carbonyl (C=O) groups is 2. The standard InChI is InChI=1S/C28H31F3N4O3S/c29-28(30,31)24-10-4-5-11-25(24)32-27(37)34(13-12-33-14-16-38-17-15-33)21-26(36)35(20-23-9-6-18-39-23)19-22-7-2-1-3-8-22/h1-11,18H,12-17,19-21H2,(H,32,37). The van der Waals surface area contributed by atoms with E-state index in [-0.39, 0.29) is 24.7 Å². The molecule has 3 amide bonds. The topological polar surface area (TPSA) is 65.1 Å². The number of para-hydroxylation sites is 1. The molecule has 4 rings (SSSR count). The molecular weight excluding hydrogens is 529 g/mol. The van der Waals surface area contributed by atoms with Gasteiger partial charge in [0.15, 0.2) is 0 Å². The molecule has 0 aliphatic carbocycles. The molecule has 1 N–H and O–H groups in total. The first-order chi connectivity index (χ1) is 18.8. The first-order valence-corrected chi connectivity index (χ1v) is 13.5. The van der Waals surface area contributed by atoms with Crippen molar-refractivity contribution >= 4 is 29.0 Å². The number of hydrogen-bond acceptors (Lipinski definition) is 5. The Labute approximate surface area is 229 Å². The third-order valence-electron chi connectivity index (χ3n) is 6.37. The lowest BCUT2D eigenvalue weighted by molar-refractivity contribution is -0.137. The molecule has 208 valence electrons. The second-order valence-corrected chi connectivity index (χ2v) is 10.2. The van der Waals surface area contributed by atoms with E-state index < -0.39 is 17.8 Å². The molecule has 1 aromatic heterocycles. The van der Waals surface area contributed by atoms with Crippen molar-refractivity contribution in [3.8, 4) is 0 Å². The lowest BCUT2D eigenvalue weighted by Crippen LogP contribution is -2.48. The van der Waals surface area contributed by atoms with Crippen molar-refractivity contribution < 1.29 is 27.5 Å². The van der Waals surface area contributed by atoms with Crippen molar-refractivity contribution in [1.82, 2.24) is 14.7 Å². The van der Waals surface area contributed by atoms with Crippen LogP contribution in [0, 0.1) is 0 Å². The SMILES string of the molecule is O=C(CN(CCN1CCOCC1)C(=O)Nc1ccccc1C(F)(F)F)N(Cc1ccccc1)Cc1cccs1. The second kappa shape index (κ2) is 13.6. The molecule has 0 radical (unpaired) electrons. The van der Waals surface area contributed by atoms with E-state index in [9.17, 15) is 22.8 Å². The zero-order valence-electron chi connectivity index (χ0n) is 21.4. The van der Waals surface area contributed by atoms with Crippen LogP contribution in [0.3, 0.4) is 0 Å². The number of amides is 3. The van der Waals surface area contributed by atoms with Crippen molar-refractivity contribution in [1.29, 1.82) is 0 Å². The number of hydrogen-bond donors (Lipinski definition) is 1. The summed E-state index contributed by atoms with van der Waals surface area (Å²) in [7, 11) is 0. The number of urea groups is 1. The highest BCUT2D eigenvalue weighted by Crippen LogP contribution is 2.34. The van der Waals surface area contributed by atoms with Crippen LogP contribution in [0.5, 0.6) is 0 Å². The van der Waals surface area contributed by atoms with Gasteiger partial charge in [-0.05, 0) is 29.1 Å². The molecule has 1 saturated heterocycles. The lowest BCUT2D eigenvalue weighted by atomic mass is 10.1. The van der Waals surface area contributed by atoms with Crippen molar-refractivity contribution in [3.63, 3.8) is 0 Å². The number of carbonyl (C=O) groups excluding carboxylic acids is 2. The zero-order valence-corrected chi connectivity index (χ0v) is 22.2. The van der Waals surface area contributed by atoms with E-state index in [0.717, 1.165) is 16.5 Å². The van der Waals surface area contributed by atoms with E-state index in [2.05, 4.69) is 10.2 Å². The second-order valence-electron chi connectivity index (χ2n) is 9.16. The van der Waals surface area contributed by atoms with E-state index in [1.165, 1.54) is 34.4 Å². The molecule has 1 aliphatic rings. The van der Waals surface area contributed by atoms with Crippen LogP contribution in [0.25, 0.3) is 0 Å². The van der Waals surface area contributed by atoms with Gasteiger partial charge in [0.2, 0.25) is 5.91 Å². The molecule has 11 heteroatoms. The van der Waals surface area contributed by atoms with Crippen molar-refractivity contribution in [2.24, 2.45) is 0 Å². The molecule has 2 aromatic carbocycles. The largest absolute Gasteiger partial charge is 0.418 e. The Hall–Kier alpha value is -3.41. The summed E-state index contributed by atoms with van der Waals surface area (Å²) < 4.78 is 46.0. The minimum absolute atomic E-state index is 0.171. The highest BCUT2D eigenvalue weighted by atomic mass is 32.1. The number of nitrogens with zero attached hydrogens (tertiary/aromatic N) is 3. The highest BCUT2D eigenvalue weighted by Gasteiger charge is 2.34. The Morgan fingerprint density at radius 3 is 2.33 bits per heavy atom. The molecule has 1 aliphatic heterocycles. The average molecular weight is 561 g/mol. The van der Waals surface area contributed by atoms with Crippen LogP contribution in [0.2, 0.25) is 0 Å². The summed E-state index contributed by atoms with van der Waals surface area (Å²) in [6.07, 6.45) is -4.63. The zero-order chi connectivity index (χ0) is 27.7. The molecule has 0 spiro atoms. The number of halogens is 3. The third-order valence-corrected chi connectivity index (χ3v) is 7.23. The fraction of sp³-hybridized carbons (Fsp3) is 0.357. The van der Waals surface area contributed by atoms with Gasteiger partial charge in [0.25, 0.3) is 0 Å². The lowest BCUT2D eigenvalue weighted by Gasteiger charge is -2.31. The minimum Gasteiger partial charge on any atom is -0.379 e. The Balaban J connectivity index is 1.53. The molecule has 0 atom stereocenters. The fourth-order valence-electron chi connectivity index (χ4n) is 4.26. The number of morpholine rings is 1. The van der Waals surface area contributed by atoms with Crippen molar-refractivity contribution in [2.75, 3.05) is 51.3 Å². The summed E-state index contributed by atoms with van der Waals surface area (Å²) in [5.41, 5.74) is -0.356. The van der Waals surface area contributed by atoms with E-state index in [1.54, 1.807) is 4.90 Å². The van der Waals surface area contributed by atoms with Gasteiger partial charge < -0.3 is 19.9 Å². The van der Waals surface area contributed by atoms with Crippen LogP contribution in [0.4, 0.5) is 23.7 Å². The van der Waals surface area contributed by atoms with Crippen LogP contribution in [0.15, 0.2) is 72.1 Å². The third kappa shape index (κ3) is 8.54. The van der Waals surface area contributed by atoms with E-state index >= 15 is 0 Å². The Kier molecular flexibility index (Phi) is 9.96. The number of rotatable bonds is 10. The predicted octanol–water partition coefficient (Wildman–Crippen LogP) is 5.16. The summed E-state index contributed by atoms with van der Waals surface area (Å²) in [6.45, 7) is 3.55. The van der Waals surface area contributed by atoms with Gasteiger partial charge in [-0.1, -0.05) is 48.5 Å². The van der Waals surface area contributed by atoms with Crippen LogP contribution < -0.4 is 5.32 Å². The summed E-state index contributed by atoms with van der Waals surface area (Å²) in [5, 5.41) is 4.33. The van der Waals surface area contributed by atoms with Crippen LogP contribution in [0.1, 0.15) is 16.0 Å². The number of anilines is 1. The Bertz CT molecular complexity index is 1200. The Morgan fingerprint density at radius 2 is 1.64 bits per heavy atom. The average Bonchev–Trinajstić information content (AvgIpc) is 3.44. The molecule has 1 fully saturated rings. The van der Waals surface area contributed by atoms with Gasteiger partial charge in [-0.15, -0.1) is 11.3 Å². The summed E-state index contributed by atoms with van der Waals surface area (Å²) in [4.78, 5) is 33.0. The molecule has 0 unspecified atom stereocenters. The molecule has 3 aromatic rings. The van der Waals surface area contributed by atoms with E-state index in [0.29, 0.717) is 45.9 Å². The van der Waals surface area contributed by atoms with Gasteiger partial charge in [0, 0.05) is 37.6 Å². The number of benzene rings is 2. The van der Waals surface area contributed by atoms with Crippen molar-refractivity contribution in [3.05, 3.63) is 88.1 Å². The van der Waals surface area contributed by atoms with Gasteiger partial charge in [0.1, 0.15) is 6.54 Å². The van der Waals surface area contributed by atoms with Gasteiger partial charge in [-0.2, -0.15) is 13.2 Å². The van der Waals surface area contributed by atoms with E-state index in [1.807, 2.05) is 47.8 Å². The maximum atomic E-state index is 13.6. The fourth-order valence-corrected chi connectivity index (χ4v) is 4.98. The molecular formula is C28H31F3N4O3S. The Morgan fingerprint density at radius 1 is 0.923 bits per heavy atom. The molecule has 0 bridgehead atoms. The van der Waals surface area contributed by atoms with Gasteiger partial charge in [0.05, 0.1) is 31.0 Å². The van der Waals surface area contributed by atoms with Crippen LogP contribution >= 0.6 is 11.3 Å². The maximum Gasteiger partial charge on any atom is 0.418 e. The highest BCUT2D eigenvalue weighted by molar-refractivity contribution is 7.09. The number of thiophene rings is 1. The van der Waals surface area contributed by atoms with Gasteiger partial charge >= 0.3 is 12.2 Å². The molecule has 2 heterocycles. The predicted molar refractivity (Wildman–Crippen MR) is 144 cm³/mol. The first kappa shape index (κ1) is 28.6. The first-order valence-electron chi connectivity index (χ1n) is 12.7. The van der Waals surface area contributed by atoms with Crippen LogP contribution in [-0.2, 0) is 28.8 Å². The van der Waals surface area contributed by atoms with E-state index in [4.69, 9.17) is 4.74 Å². The summed E-state index contributed by atoms with van der Waals surface area (Å²) >= 11 is 1.53. The minimum atomic E-state index is -4.63. The normalized spacial score (nSPS) is 14.1. The van der Waals surface area contributed by atoms with Gasteiger partial charge in [-0.3, -0.25) is 9.69 Å². The molecule has 39 heavy (non-hydrogen) atoms. The maximum absolute atomic E-state index is 13.6. The summed E-state index contributed by atoms with van der Waals surface area (Å²) in [6, 6.07) is 17.4. The van der Waals surface area contributed by atoms with Gasteiger partial charge in [-0.25, -0.2) is 4.79 Å². The summed E-state index contributed by atoms with van der Waals surface area (Å²) in [5.74, 6) is -0.298.